The van der Waals surface area contributed by atoms with Crippen LogP contribution >= 0.6 is 7.92 Å². The minimum Gasteiger partial charge on any atom is -0.478 e. The van der Waals surface area contributed by atoms with Crippen LogP contribution in [0.3, 0.4) is 0 Å². The molecule has 1 aliphatic carbocycles. The summed E-state index contributed by atoms with van der Waals surface area (Å²) in [6.45, 7) is 7.30. The molecule has 0 spiro atoms. The molecule has 4 rings (SSSR count). The third kappa shape index (κ3) is 3.83. The normalized spacial score (nSPS) is 21.8. The van der Waals surface area contributed by atoms with Gasteiger partial charge < -0.3 is 4.74 Å². The number of hydrogen-bond donors (Lipinski definition) is 0. The molecule has 0 saturated heterocycles. The zero-order valence-corrected chi connectivity index (χ0v) is 17.0. The van der Waals surface area contributed by atoms with Gasteiger partial charge in [0.05, 0.1) is 12.0 Å². The molecule has 2 nitrogen and oxygen atoms in total. The summed E-state index contributed by atoms with van der Waals surface area (Å²) in [5.74, 6) is 3.78. The Morgan fingerprint density at radius 2 is 1.52 bits per heavy atom. The summed E-state index contributed by atoms with van der Waals surface area (Å²) in [6.07, 6.45) is 4.40. The van der Waals surface area contributed by atoms with Gasteiger partial charge in [0.15, 0.2) is 5.90 Å². The van der Waals surface area contributed by atoms with Crippen LogP contribution in [0.2, 0.25) is 0 Å². The number of rotatable bonds is 5. The fourth-order valence-electron chi connectivity index (χ4n) is 3.49. The lowest BCUT2D eigenvalue weighted by Crippen LogP contribution is -2.24. The van der Waals surface area contributed by atoms with E-state index < -0.39 is 7.92 Å². The molecule has 0 aromatic heterocycles. The Kier molecular flexibility index (Phi) is 5.64. The van der Waals surface area contributed by atoms with Gasteiger partial charge in [0.2, 0.25) is 0 Å². The summed E-state index contributed by atoms with van der Waals surface area (Å²) in [5, 5.41) is 2.71. The van der Waals surface area contributed by atoms with Gasteiger partial charge in [-0.3, -0.25) is 0 Å². The second-order valence-corrected chi connectivity index (χ2v) is 9.49. The van der Waals surface area contributed by atoms with Crippen LogP contribution in [0.1, 0.15) is 20.8 Å². The average molecular weight is 374 g/mol. The Morgan fingerprint density at radius 3 is 2.04 bits per heavy atom. The molecule has 2 aromatic rings. The van der Waals surface area contributed by atoms with E-state index in [0.29, 0.717) is 12.5 Å². The second kappa shape index (κ2) is 8.15. The maximum Gasteiger partial charge on any atom is 0.192 e. The van der Waals surface area contributed by atoms with E-state index in [-0.39, 0.29) is 6.04 Å². The van der Waals surface area contributed by atoms with Crippen LogP contribution in [0.25, 0.3) is 0 Å². The number of ether oxygens (including phenoxy) is 1. The van der Waals surface area contributed by atoms with Gasteiger partial charge in [-0.05, 0) is 43.2 Å². The number of hydrogen-bond acceptors (Lipinski definition) is 2. The molecule has 1 saturated carbocycles. The standard InChI is InChI=1S/C24H25NOP/c1-17(2)22-16-26-24(25-22)21-15-14-18(3)23(21)27(19-10-6-4-7-11-19)20-12-8-5-9-13-20/h4-15,17,22H,16H2,1-3H3/t22-/m1/s1. The van der Waals surface area contributed by atoms with Gasteiger partial charge in [-0.2, -0.15) is 0 Å². The van der Waals surface area contributed by atoms with Gasteiger partial charge in [-0.15, -0.1) is 0 Å². The highest BCUT2D eigenvalue weighted by Crippen LogP contribution is 2.60. The van der Waals surface area contributed by atoms with Crippen molar-refractivity contribution >= 4 is 24.4 Å². The van der Waals surface area contributed by atoms with Crippen molar-refractivity contribution in [2.24, 2.45) is 10.9 Å². The smallest absolute Gasteiger partial charge is 0.192 e. The summed E-state index contributed by atoms with van der Waals surface area (Å²) in [7, 11) is -0.657. The van der Waals surface area contributed by atoms with Gasteiger partial charge in [-0.1, -0.05) is 81.4 Å². The van der Waals surface area contributed by atoms with Crippen LogP contribution in [0.15, 0.2) is 65.7 Å². The summed E-state index contributed by atoms with van der Waals surface area (Å²) >= 11 is 0. The average Bonchev–Trinajstić information content (AvgIpc) is 3.32. The van der Waals surface area contributed by atoms with Crippen LogP contribution in [0, 0.1) is 36.3 Å². The van der Waals surface area contributed by atoms with Crippen LogP contribution in [-0.4, -0.2) is 18.5 Å². The number of benzene rings is 2. The molecule has 0 bridgehead atoms. The number of aliphatic imine (C=N–C) groups is 1. The van der Waals surface area contributed by atoms with Crippen molar-refractivity contribution in [3.63, 3.8) is 0 Å². The molecule has 1 fully saturated rings. The molecular formula is C24H25NOP. The fourth-order valence-corrected chi connectivity index (χ4v) is 6.08. The molecule has 2 aliphatic rings. The maximum atomic E-state index is 6.05. The predicted octanol–water partition coefficient (Wildman–Crippen LogP) is 4.70. The van der Waals surface area contributed by atoms with Gasteiger partial charge in [0.25, 0.3) is 0 Å². The minimum absolute atomic E-state index is 0.253. The molecule has 0 amide bonds. The third-order valence-corrected chi connectivity index (χ3v) is 7.72. The Morgan fingerprint density at radius 1 is 0.926 bits per heavy atom. The summed E-state index contributed by atoms with van der Waals surface area (Å²) < 4.78 is 6.05. The quantitative estimate of drug-likeness (QED) is 0.696. The lowest BCUT2D eigenvalue weighted by molar-refractivity contribution is 0.289. The van der Waals surface area contributed by atoms with Crippen LogP contribution in [-0.2, 0) is 4.74 Å². The topological polar surface area (TPSA) is 21.6 Å². The van der Waals surface area contributed by atoms with Crippen molar-refractivity contribution < 1.29 is 4.74 Å². The predicted molar refractivity (Wildman–Crippen MR) is 115 cm³/mol. The lowest BCUT2D eigenvalue weighted by atomic mass is 10.0. The molecule has 1 atom stereocenters. The summed E-state index contributed by atoms with van der Waals surface area (Å²) in [5.41, 5.74) is 1.37. The van der Waals surface area contributed by atoms with E-state index in [9.17, 15) is 0 Å². The molecule has 5 radical (unpaired) electrons. The second-order valence-electron chi connectivity index (χ2n) is 7.34. The first-order chi connectivity index (χ1) is 13.1. The highest BCUT2D eigenvalue weighted by molar-refractivity contribution is 7.76. The van der Waals surface area contributed by atoms with Crippen molar-refractivity contribution in [1.29, 1.82) is 0 Å². The Balaban J connectivity index is 1.72. The maximum absolute atomic E-state index is 6.05. The first-order valence-corrected chi connectivity index (χ1v) is 10.9. The SMILES string of the molecule is C[C]1[CH][CH][C](C2=N[C@@H](C(C)C)CO2)[C]1P(c1ccccc1)c1ccccc1. The molecule has 27 heavy (non-hydrogen) atoms. The molecule has 137 valence electrons. The van der Waals surface area contributed by atoms with Crippen molar-refractivity contribution in [2.75, 3.05) is 6.61 Å². The van der Waals surface area contributed by atoms with E-state index in [1.165, 1.54) is 22.2 Å². The van der Waals surface area contributed by atoms with E-state index in [4.69, 9.17) is 9.73 Å². The van der Waals surface area contributed by atoms with E-state index in [0.717, 1.165) is 11.8 Å². The summed E-state index contributed by atoms with van der Waals surface area (Å²) in [4.78, 5) is 4.91. The molecule has 1 heterocycles. The third-order valence-electron chi connectivity index (χ3n) is 5.05. The van der Waals surface area contributed by atoms with Crippen molar-refractivity contribution in [1.82, 2.24) is 0 Å². The molecule has 0 N–H and O–H groups in total. The zero-order chi connectivity index (χ0) is 18.8. The van der Waals surface area contributed by atoms with Crippen LogP contribution in [0.4, 0.5) is 0 Å². The van der Waals surface area contributed by atoms with E-state index in [1.807, 2.05) is 0 Å². The first-order valence-electron chi connectivity index (χ1n) is 9.52. The molecule has 1 aliphatic heterocycles. The van der Waals surface area contributed by atoms with Crippen molar-refractivity contribution in [3.05, 3.63) is 91.0 Å². The van der Waals surface area contributed by atoms with Gasteiger partial charge >= 0.3 is 0 Å². The lowest BCUT2D eigenvalue weighted by Gasteiger charge is -2.31. The van der Waals surface area contributed by atoms with E-state index in [1.54, 1.807) is 0 Å². The monoisotopic (exact) mass is 374 g/mol. The van der Waals surface area contributed by atoms with Crippen LogP contribution in [0.5, 0.6) is 0 Å². The summed E-state index contributed by atoms with van der Waals surface area (Å²) in [6, 6.07) is 21.9. The van der Waals surface area contributed by atoms with Crippen LogP contribution < -0.4 is 10.6 Å². The molecule has 3 heteroatoms. The highest BCUT2D eigenvalue weighted by Gasteiger charge is 2.46. The fraction of sp³-hybridized carbons (Fsp3) is 0.250. The molecule has 2 aromatic carbocycles. The van der Waals surface area contributed by atoms with Crippen molar-refractivity contribution in [2.45, 2.75) is 26.8 Å². The Labute approximate surface area is 164 Å². The minimum atomic E-state index is -0.657. The van der Waals surface area contributed by atoms with Gasteiger partial charge in [0.1, 0.15) is 6.61 Å². The molecular weight excluding hydrogens is 349 g/mol. The Hall–Kier alpha value is -1.66. The number of nitrogens with zero attached hydrogens (tertiary/aromatic N) is 1. The van der Waals surface area contributed by atoms with Gasteiger partial charge in [-0.25, -0.2) is 4.99 Å². The van der Waals surface area contributed by atoms with E-state index >= 15 is 0 Å². The van der Waals surface area contributed by atoms with E-state index in [2.05, 4.69) is 94.3 Å². The zero-order valence-electron chi connectivity index (χ0n) is 16.1. The Bertz CT molecular complexity index is 734. The molecule has 0 unspecified atom stereocenters. The first kappa shape index (κ1) is 18.7. The largest absolute Gasteiger partial charge is 0.478 e. The van der Waals surface area contributed by atoms with Gasteiger partial charge in [0, 0.05) is 5.66 Å². The van der Waals surface area contributed by atoms with Crippen molar-refractivity contribution in [3.8, 4) is 0 Å². The highest BCUT2D eigenvalue weighted by atomic mass is 31.1.